The van der Waals surface area contributed by atoms with Crippen LogP contribution in [-0.2, 0) is 6.54 Å². The van der Waals surface area contributed by atoms with E-state index in [0.717, 1.165) is 13.1 Å². The van der Waals surface area contributed by atoms with Gasteiger partial charge in [-0.05, 0) is 6.07 Å². The summed E-state index contributed by atoms with van der Waals surface area (Å²) in [7, 11) is 0. The zero-order chi connectivity index (χ0) is 17.1. The Bertz CT molecular complexity index is 1040. The van der Waals surface area contributed by atoms with Crippen molar-refractivity contribution in [2.24, 2.45) is 11.8 Å². The van der Waals surface area contributed by atoms with Crippen LogP contribution in [-0.4, -0.2) is 32.7 Å². The Hall–Kier alpha value is -2.25. The largest absolute Gasteiger partial charge is 0.316 e. The molecule has 3 aromatic rings. The second kappa shape index (κ2) is 5.37. The molecule has 3 atom stereocenters. The van der Waals surface area contributed by atoms with Crippen LogP contribution in [0, 0.1) is 17.7 Å². The van der Waals surface area contributed by atoms with Gasteiger partial charge in [-0.25, -0.2) is 13.8 Å². The lowest BCUT2D eigenvalue weighted by molar-refractivity contribution is 0.503. The van der Waals surface area contributed by atoms with Crippen LogP contribution in [0.15, 0.2) is 35.3 Å². The van der Waals surface area contributed by atoms with E-state index in [0.29, 0.717) is 27.9 Å². The summed E-state index contributed by atoms with van der Waals surface area (Å²) in [6.45, 7) is 2.01. The maximum atomic E-state index is 13.9. The molecule has 1 aliphatic carbocycles. The molecule has 3 heterocycles. The van der Waals surface area contributed by atoms with Gasteiger partial charge in [-0.1, -0.05) is 29.8 Å². The quantitative estimate of drug-likeness (QED) is 0.775. The summed E-state index contributed by atoms with van der Waals surface area (Å²) in [5, 5.41) is 12.8. The second-order valence-corrected chi connectivity index (χ2v) is 7.03. The van der Waals surface area contributed by atoms with Gasteiger partial charge in [0, 0.05) is 30.5 Å². The van der Waals surface area contributed by atoms with E-state index in [2.05, 4.69) is 15.5 Å². The molecular formula is C17H15ClFN5O. The second-order valence-electron chi connectivity index (χ2n) is 6.67. The van der Waals surface area contributed by atoms with Gasteiger partial charge in [0.25, 0.3) is 5.56 Å². The van der Waals surface area contributed by atoms with Crippen molar-refractivity contribution in [1.29, 1.82) is 0 Å². The first-order chi connectivity index (χ1) is 12.1. The van der Waals surface area contributed by atoms with Crippen LogP contribution in [0.1, 0.15) is 11.6 Å². The van der Waals surface area contributed by atoms with E-state index in [1.54, 1.807) is 24.4 Å². The number of benzene rings is 1. The Morgan fingerprint density at radius 1 is 1.28 bits per heavy atom. The maximum absolute atomic E-state index is 13.9. The number of fused-ring (bicyclic) bond motifs is 2. The highest BCUT2D eigenvalue weighted by molar-refractivity contribution is 6.34. The lowest BCUT2D eigenvalue weighted by Gasteiger charge is -2.06. The molecule has 6 nitrogen and oxygen atoms in total. The number of rotatable bonds is 3. The molecule has 1 aliphatic heterocycles. The van der Waals surface area contributed by atoms with Crippen molar-refractivity contribution >= 4 is 22.5 Å². The van der Waals surface area contributed by atoms with Crippen molar-refractivity contribution in [3.05, 3.63) is 57.3 Å². The molecule has 0 unspecified atom stereocenters. The van der Waals surface area contributed by atoms with Crippen LogP contribution < -0.4 is 10.9 Å². The molecule has 1 saturated heterocycles. The molecule has 8 heteroatoms. The fourth-order valence-corrected chi connectivity index (χ4v) is 4.10. The average molecular weight is 360 g/mol. The van der Waals surface area contributed by atoms with E-state index >= 15 is 0 Å². The summed E-state index contributed by atoms with van der Waals surface area (Å²) in [6, 6.07) is 6.59. The number of piperidine rings is 1. The minimum absolute atomic E-state index is 0.147. The summed E-state index contributed by atoms with van der Waals surface area (Å²) in [5.74, 6) is 0.615. The fraction of sp³-hybridized carbons (Fsp3) is 0.353. The Morgan fingerprint density at radius 3 is 2.80 bits per heavy atom. The Labute approximate surface area is 147 Å². The molecule has 5 rings (SSSR count). The van der Waals surface area contributed by atoms with Crippen molar-refractivity contribution in [3.63, 3.8) is 0 Å². The van der Waals surface area contributed by atoms with Gasteiger partial charge < -0.3 is 5.32 Å². The van der Waals surface area contributed by atoms with Crippen LogP contribution in [0.3, 0.4) is 0 Å². The summed E-state index contributed by atoms with van der Waals surface area (Å²) < 4.78 is 16.9. The van der Waals surface area contributed by atoms with Crippen molar-refractivity contribution in [3.8, 4) is 0 Å². The topological polar surface area (TPSA) is 64.7 Å². The molecule has 1 saturated carbocycles. The zero-order valence-electron chi connectivity index (χ0n) is 13.2. The highest BCUT2D eigenvalue weighted by Gasteiger charge is 2.55. The predicted molar refractivity (Wildman–Crippen MR) is 91.2 cm³/mol. The molecule has 1 N–H and O–H groups in total. The van der Waals surface area contributed by atoms with E-state index in [-0.39, 0.29) is 29.5 Å². The van der Waals surface area contributed by atoms with Gasteiger partial charge in [0.15, 0.2) is 5.52 Å². The highest BCUT2D eigenvalue weighted by Crippen LogP contribution is 2.51. The summed E-state index contributed by atoms with van der Waals surface area (Å²) in [4.78, 5) is 12.8. The number of hydrogen-bond donors (Lipinski definition) is 1. The van der Waals surface area contributed by atoms with Crippen molar-refractivity contribution in [2.45, 2.75) is 12.6 Å². The normalized spacial score (nSPS) is 24.6. The Kier molecular flexibility index (Phi) is 3.23. The van der Waals surface area contributed by atoms with Crippen LogP contribution in [0.25, 0.3) is 10.9 Å². The van der Waals surface area contributed by atoms with Gasteiger partial charge >= 0.3 is 0 Å². The number of nitrogens with zero attached hydrogens (tertiary/aromatic N) is 4. The standard InChI is InChI=1S/C17H15ClFN5O/c18-16-12-7-21-24(15-10-5-20-6-11(10)15)17(25)14(12)22-23(16)8-9-3-1-2-4-13(9)19/h1-4,7,10-11,15,20H,5-6,8H2/t10-,11+,15+. The zero-order valence-corrected chi connectivity index (χ0v) is 13.9. The van der Waals surface area contributed by atoms with Crippen LogP contribution in [0.4, 0.5) is 4.39 Å². The molecule has 0 amide bonds. The first kappa shape index (κ1) is 15.0. The van der Waals surface area contributed by atoms with E-state index in [4.69, 9.17) is 11.6 Å². The third-order valence-electron chi connectivity index (χ3n) is 5.25. The molecule has 2 aromatic heterocycles. The first-order valence-electron chi connectivity index (χ1n) is 8.23. The van der Waals surface area contributed by atoms with Crippen LogP contribution >= 0.6 is 11.6 Å². The van der Waals surface area contributed by atoms with E-state index < -0.39 is 0 Å². The van der Waals surface area contributed by atoms with Crippen molar-refractivity contribution in [2.75, 3.05) is 13.1 Å². The number of nitrogens with one attached hydrogen (secondary N) is 1. The first-order valence-corrected chi connectivity index (χ1v) is 8.61. The smallest absolute Gasteiger partial charge is 0.295 e. The van der Waals surface area contributed by atoms with Gasteiger partial charge in [0.2, 0.25) is 0 Å². The summed E-state index contributed by atoms with van der Waals surface area (Å²) >= 11 is 6.35. The van der Waals surface area contributed by atoms with Gasteiger partial charge in [-0.2, -0.15) is 10.2 Å². The third kappa shape index (κ3) is 2.22. The predicted octanol–water partition coefficient (Wildman–Crippen LogP) is 1.82. The van der Waals surface area contributed by atoms with Crippen LogP contribution in [0.2, 0.25) is 5.15 Å². The molecule has 0 radical (unpaired) electrons. The highest BCUT2D eigenvalue weighted by atomic mass is 35.5. The SMILES string of the molecule is O=c1c2nn(Cc3ccccc3F)c(Cl)c2cnn1[C@H]1[C@@H]2CNC[C@@H]21. The average Bonchev–Trinajstić information content (AvgIpc) is 2.93. The number of hydrogen-bond acceptors (Lipinski definition) is 4. The van der Waals surface area contributed by atoms with Gasteiger partial charge in [-0.15, -0.1) is 0 Å². The molecule has 2 fully saturated rings. The van der Waals surface area contributed by atoms with Gasteiger partial charge in [-0.3, -0.25) is 4.79 Å². The molecule has 25 heavy (non-hydrogen) atoms. The molecular weight excluding hydrogens is 345 g/mol. The maximum Gasteiger partial charge on any atom is 0.295 e. The monoisotopic (exact) mass is 359 g/mol. The van der Waals surface area contributed by atoms with Crippen LogP contribution in [0.5, 0.6) is 0 Å². The molecule has 0 bridgehead atoms. The molecule has 0 spiro atoms. The van der Waals surface area contributed by atoms with E-state index in [9.17, 15) is 9.18 Å². The minimum Gasteiger partial charge on any atom is -0.316 e. The van der Waals surface area contributed by atoms with Crippen molar-refractivity contribution < 1.29 is 4.39 Å². The van der Waals surface area contributed by atoms with Gasteiger partial charge in [0.1, 0.15) is 11.0 Å². The Balaban J connectivity index is 1.56. The molecule has 1 aromatic carbocycles. The lowest BCUT2D eigenvalue weighted by atomic mass is 10.2. The number of aromatic nitrogens is 4. The molecule has 128 valence electrons. The minimum atomic E-state index is -0.327. The van der Waals surface area contributed by atoms with Gasteiger partial charge in [0.05, 0.1) is 24.2 Å². The summed E-state index contributed by atoms with van der Waals surface area (Å²) in [6.07, 6.45) is 1.59. The summed E-state index contributed by atoms with van der Waals surface area (Å²) in [5.41, 5.74) is 0.522. The van der Waals surface area contributed by atoms with Crippen molar-refractivity contribution in [1.82, 2.24) is 24.9 Å². The Morgan fingerprint density at radius 2 is 2.04 bits per heavy atom. The number of halogens is 2. The third-order valence-corrected chi connectivity index (χ3v) is 5.65. The van der Waals surface area contributed by atoms with E-state index in [1.807, 2.05) is 0 Å². The fourth-order valence-electron chi connectivity index (χ4n) is 3.86. The van der Waals surface area contributed by atoms with E-state index in [1.165, 1.54) is 15.4 Å². The lowest BCUT2D eigenvalue weighted by Crippen LogP contribution is -2.27. The molecule has 2 aliphatic rings.